The lowest BCUT2D eigenvalue weighted by molar-refractivity contribution is -0.0191. The molecule has 0 bridgehead atoms. The third-order valence-corrected chi connectivity index (χ3v) is 6.59. The van der Waals surface area contributed by atoms with Gasteiger partial charge in [-0.1, -0.05) is 46.9 Å². The van der Waals surface area contributed by atoms with Gasteiger partial charge in [-0.15, -0.1) is 0 Å². The minimum absolute atomic E-state index is 0.0468. The molecule has 8 heteroatoms. The normalized spacial score (nSPS) is 18.8. The molecule has 2 atom stereocenters. The van der Waals surface area contributed by atoms with Crippen molar-refractivity contribution in [1.29, 1.82) is 0 Å². The first-order chi connectivity index (χ1) is 16.3. The first-order valence-corrected chi connectivity index (χ1v) is 12.1. The molecule has 0 N–H and O–H groups in total. The zero-order valence-corrected chi connectivity index (χ0v) is 21.2. The van der Waals surface area contributed by atoms with Gasteiger partial charge in [-0.05, 0) is 61.9 Å². The molecule has 34 heavy (non-hydrogen) atoms. The highest BCUT2D eigenvalue weighted by atomic mass is 35.5. The van der Waals surface area contributed by atoms with Crippen LogP contribution in [0.3, 0.4) is 0 Å². The van der Waals surface area contributed by atoms with E-state index in [1.807, 2.05) is 73.5 Å². The Balaban J connectivity index is 1.60. The topological polar surface area (TPSA) is 43.3 Å². The van der Waals surface area contributed by atoms with Crippen molar-refractivity contribution in [3.05, 3.63) is 86.4 Å². The predicted octanol–water partition coefficient (Wildman–Crippen LogP) is 7.68. The highest BCUT2D eigenvalue weighted by Gasteiger charge is 2.41. The second-order valence-corrected chi connectivity index (χ2v) is 9.79. The van der Waals surface area contributed by atoms with Crippen LogP contribution in [0.25, 0.3) is 0 Å². The van der Waals surface area contributed by atoms with Gasteiger partial charge in [-0.3, -0.25) is 0 Å². The van der Waals surface area contributed by atoms with Gasteiger partial charge in [0.05, 0.1) is 30.0 Å². The van der Waals surface area contributed by atoms with Crippen LogP contribution >= 0.6 is 34.8 Å². The van der Waals surface area contributed by atoms with Crippen LogP contribution in [0, 0.1) is 0 Å². The molecular formula is C26H23Cl3N2O3. The molecule has 3 aromatic rings. The van der Waals surface area contributed by atoms with E-state index in [-0.39, 0.29) is 12.1 Å². The van der Waals surface area contributed by atoms with Crippen LogP contribution in [-0.2, 0) is 0 Å². The fourth-order valence-corrected chi connectivity index (χ4v) is 4.90. The summed E-state index contributed by atoms with van der Waals surface area (Å²) in [7, 11) is 1.59. The number of benzene rings is 3. The molecule has 0 spiro atoms. The third-order valence-electron chi connectivity index (χ3n) is 5.82. The maximum atomic E-state index is 6.64. The lowest BCUT2D eigenvalue weighted by Crippen LogP contribution is -2.33. The quantitative estimate of drug-likeness (QED) is 0.348. The number of hydrogen-bond donors (Lipinski definition) is 0. The van der Waals surface area contributed by atoms with Crippen LogP contribution in [0.15, 0.2) is 59.7 Å². The summed E-state index contributed by atoms with van der Waals surface area (Å²) >= 11 is 19.1. The van der Waals surface area contributed by atoms with Gasteiger partial charge in [-0.2, -0.15) is 5.10 Å². The molecule has 0 unspecified atom stereocenters. The van der Waals surface area contributed by atoms with Crippen molar-refractivity contribution in [2.24, 2.45) is 5.10 Å². The zero-order chi connectivity index (χ0) is 24.0. The molecular weight excluding hydrogens is 495 g/mol. The Morgan fingerprint density at radius 2 is 1.74 bits per heavy atom. The predicted molar refractivity (Wildman–Crippen MR) is 136 cm³/mol. The monoisotopic (exact) mass is 516 g/mol. The minimum Gasteiger partial charge on any atom is -0.493 e. The van der Waals surface area contributed by atoms with Gasteiger partial charge < -0.3 is 14.2 Å². The summed E-state index contributed by atoms with van der Waals surface area (Å²) in [5.74, 6) is 1.81. The molecule has 0 aromatic heterocycles. The van der Waals surface area contributed by atoms with E-state index in [1.54, 1.807) is 7.11 Å². The van der Waals surface area contributed by atoms with Gasteiger partial charge in [-0.25, -0.2) is 5.01 Å². The van der Waals surface area contributed by atoms with Crippen molar-refractivity contribution in [3.63, 3.8) is 0 Å². The molecule has 5 nitrogen and oxygen atoms in total. The highest BCUT2D eigenvalue weighted by Crippen LogP contribution is 2.50. The number of halogens is 3. The fourth-order valence-electron chi connectivity index (χ4n) is 4.33. The van der Waals surface area contributed by atoms with Crippen LogP contribution in [0.2, 0.25) is 15.1 Å². The molecule has 176 valence electrons. The number of fused-ring (bicyclic) bond motifs is 3. The molecule has 2 aliphatic rings. The van der Waals surface area contributed by atoms with Crippen molar-refractivity contribution in [2.75, 3.05) is 7.11 Å². The second kappa shape index (κ2) is 9.21. The summed E-state index contributed by atoms with van der Waals surface area (Å²) in [6.07, 6.45) is 0.145. The van der Waals surface area contributed by atoms with Crippen molar-refractivity contribution in [3.8, 4) is 17.2 Å². The Morgan fingerprint density at radius 1 is 1.00 bits per heavy atom. The maximum absolute atomic E-state index is 6.64. The SMILES string of the molecule is COc1cc([C@H]2Oc3ccc(Cl)cc3[C@H]3CC(c4ccc(Cl)cc4)=NN32)cc(Cl)c1OC(C)C. The van der Waals surface area contributed by atoms with Gasteiger partial charge in [0.15, 0.2) is 11.5 Å². The number of nitrogens with zero attached hydrogens (tertiary/aromatic N) is 2. The van der Waals surface area contributed by atoms with E-state index in [1.165, 1.54) is 0 Å². The van der Waals surface area contributed by atoms with Gasteiger partial charge in [0.25, 0.3) is 0 Å². The van der Waals surface area contributed by atoms with Crippen LogP contribution in [-0.4, -0.2) is 23.9 Å². The molecule has 5 rings (SSSR count). The summed E-state index contributed by atoms with van der Waals surface area (Å²) in [4.78, 5) is 0. The number of rotatable bonds is 5. The van der Waals surface area contributed by atoms with Gasteiger partial charge in [0.2, 0.25) is 6.23 Å². The van der Waals surface area contributed by atoms with E-state index < -0.39 is 6.23 Å². The van der Waals surface area contributed by atoms with E-state index in [4.69, 9.17) is 54.1 Å². The molecule has 2 heterocycles. The van der Waals surface area contributed by atoms with Crippen molar-refractivity contribution in [1.82, 2.24) is 5.01 Å². The summed E-state index contributed by atoms with van der Waals surface area (Å²) in [5, 5.41) is 8.73. The maximum Gasteiger partial charge on any atom is 0.214 e. The Bertz CT molecular complexity index is 1260. The van der Waals surface area contributed by atoms with Crippen molar-refractivity contribution < 1.29 is 14.2 Å². The molecule has 3 aromatic carbocycles. The van der Waals surface area contributed by atoms with Crippen LogP contribution < -0.4 is 14.2 Å². The fraction of sp³-hybridized carbons (Fsp3) is 0.269. The summed E-state index contributed by atoms with van der Waals surface area (Å²) in [6.45, 7) is 3.88. The average Bonchev–Trinajstić information content (AvgIpc) is 3.26. The Hall–Kier alpha value is -2.60. The number of hydrogen-bond acceptors (Lipinski definition) is 5. The number of hydrazone groups is 1. The molecule has 0 aliphatic carbocycles. The third kappa shape index (κ3) is 4.28. The summed E-state index contributed by atoms with van der Waals surface area (Å²) in [6, 6.07) is 17.1. The largest absolute Gasteiger partial charge is 0.493 e. The Morgan fingerprint density at radius 3 is 2.44 bits per heavy atom. The molecule has 0 saturated carbocycles. The van der Waals surface area contributed by atoms with Crippen molar-refractivity contribution in [2.45, 2.75) is 38.6 Å². The van der Waals surface area contributed by atoms with E-state index >= 15 is 0 Å². The van der Waals surface area contributed by atoms with E-state index in [0.717, 1.165) is 28.2 Å². The molecule has 0 saturated heterocycles. The van der Waals surface area contributed by atoms with Gasteiger partial charge in [0.1, 0.15) is 5.75 Å². The summed E-state index contributed by atoms with van der Waals surface area (Å²) in [5.41, 5.74) is 3.76. The van der Waals surface area contributed by atoms with Gasteiger partial charge >= 0.3 is 0 Å². The smallest absolute Gasteiger partial charge is 0.214 e. The minimum atomic E-state index is -0.511. The Labute approximate surface area is 213 Å². The first-order valence-electron chi connectivity index (χ1n) is 11.0. The summed E-state index contributed by atoms with van der Waals surface area (Å²) < 4.78 is 17.9. The average molecular weight is 518 g/mol. The molecule has 0 amide bonds. The van der Waals surface area contributed by atoms with Crippen molar-refractivity contribution >= 4 is 40.5 Å². The lowest BCUT2D eigenvalue weighted by atomic mass is 9.96. The van der Waals surface area contributed by atoms with E-state index in [2.05, 4.69) is 0 Å². The molecule has 0 radical (unpaired) electrons. The lowest BCUT2D eigenvalue weighted by Gasteiger charge is -2.38. The van der Waals surface area contributed by atoms with Crippen LogP contribution in [0.5, 0.6) is 17.2 Å². The number of ether oxygens (including phenoxy) is 3. The Kier molecular flexibility index (Phi) is 6.28. The molecule has 2 aliphatic heterocycles. The standard InChI is InChI=1S/C26H23Cl3N2O3/c1-14(2)33-25-20(29)10-16(11-24(25)32-3)26-31-22(19-12-18(28)8-9-23(19)34-26)13-21(30-31)15-4-6-17(27)7-5-15/h4-12,14,22,26H,13H2,1-3H3/t22-,26-/m1/s1. The highest BCUT2D eigenvalue weighted by molar-refractivity contribution is 6.32. The zero-order valence-electron chi connectivity index (χ0n) is 18.9. The second-order valence-electron chi connectivity index (χ2n) is 8.51. The van der Waals surface area contributed by atoms with E-state index in [0.29, 0.717) is 33.0 Å². The van der Waals surface area contributed by atoms with Crippen LogP contribution in [0.4, 0.5) is 0 Å². The van der Waals surface area contributed by atoms with Gasteiger partial charge in [0, 0.05) is 27.6 Å². The van der Waals surface area contributed by atoms with E-state index in [9.17, 15) is 0 Å². The first kappa shape index (κ1) is 23.2. The van der Waals surface area contributed by atoms with Crippen LogP contribution in [0.1, 0.15) is 49.2 Å². The molecule has 0 fully saturated rings. The number of methoxy groups -OCH3 is 1.